The van der Waals surface area contributed by atoms with Crippen molar-refractivity contribution in [1.29, 1.82) is 0 Å². The molecule has 0 aromatic heterocycles. The summed E-state index contributed by atoms with van der Waals surface area (Å²) in [5.74, 6) is -2.39. The van der Waals surface area contributed by atoms with Gasteiger partial charge in [0.2, 0.25) is 0 Å². The third kappa shape index (κ3) is 3.66. The van der Waals surface area contributed by atoms with Crippen LogP contribution in [0.1, 0.15) is 53.1 Å². The molecule has 0 radical (unpaired) electrons. The molecule has 0 aliphatic carbocycles. The number of halogens is 1. The molecule has 0 spiro atoms. The van der Waals surface area contributed by atoms with Gasteiger partial charge in [-0.3, -0.25) is 28.9 Å². The van der Waals surface area contributed by atoms with Crippen LogP contribution in [0.15, 0.2) is 77.3 Å². The zero-order chi connectivity index (χ0) is 23.1. The average Bonchev–Trinajstić information content (AvgIpc) is 3.22. The summed E-state index contributed by atoms with van der Waals surface area (Å²) in [6.45, 7) is -0.310. The van der Waals surface area contributed by atoms with E-state index in [-0.39, 0.29) is 28.9 Å². The smallest absolute Gasteiger partial charge is 0.266 e. The minimum Gasteiger partial charge on any atom is -0.266 e. The molecule has 0 bridgehead atoms. The van der Waals surface area contributed by atoms with Gasteiger partial charge in [-0.05, 0) is 42.0 Å². The van der Waals surface area contributed by atoms with Gasteiger partial charge in [-0.15, -0.1) is 10.1 Å². The van der Waals surface area contributed by atoms with Crippen molar-refractivity contribution in [2.24, 2.45) is 0 Å². The fraction of sp³-hybridized carbons (Fsp3) is 0.0833. The van der Waals surface area contributed by atoms with Crippen LogP contribution in [0.3, 0.4) is 0 Å². The Labute approximate surface area is 196 Å². The van der Waals surface area contributed by atoms with Crippen LogP contribution in [0.5, 0.6) is 0 Å². The number of hydrogen-bond acceptors (Lipinski definition) is 6. The lowest BCUT2D eigenvalue weighted by atomic mass is 10.1. The maximum atomic E-state index is 12.8. The fourth-order valence-corrected chi connectivity index (χ4v) is 4.13. The Morgan fingerprint density at radius 1 is 0.667 bits per heavy atom. The molecular weight excluding hydrogens is 492 g/mol. The number of hydroxylamine groups is 4. The van der Waals surface area contributed by atoms with Crippen molar-refractivity contribution in [3.05, 3.63) is 105 Å². The first kappa shape index (κ1) is 21.2. The van der Waals surface area contributed by atoms with E-state index >= 15 is 0 Å². The number of hydrogen-bond donors (Lipinski definition) is 0. The number of carbonyl (C=O) groups excluding carboxylic acids is 4. The molecule has 8 nitrogen and oxygen atoms in total. The molecule has 3 aromatic rings. The van der Waals surface area contributed by atoms with E-state index in [0.29, 0.717) is 15.7 Å². The van der Waals surface area contributed by atoms with Crippen LogP contribution in [-0.2, 0) is 9.68 Å². The molecular formula is C24H15BrN2O6. The van der Waals surface area contributed by atoms with E-state index in [1.165, 1.54) is 0 Å². The Bertz CT molecular complexity index is 1250. The van der Waals surface area contributed by atoms with E-state index in [0.717, 1.165) is 4.47 Å². The van der Waals surface area contributed by atoms with Gasteiger partial charge in [-0.25, -0.2) is 0 Å². The third-order valence-corrected chi connectivity index (χ3v) is 5.81. The normalized spacial score (nSPS) is 15.8. The van der Waals surface area contributed by atoms with E-state index in [4.69, 9.17) is 9.68 Å². The zero-order valence-electron chi connectivity index (χ0n) is 16.9. The van der Waals surface area contributed by atoms with Crippen molar-refractivity contribution in [2.75, 3.05) is 6.61 Å². The molecule has 2 aliphatic heterocycles. The average molecular weight is 507 g/mol. The molecule has 0 N–H and O–H groups in total. The first-order valence-electron chi connectivity index (χ1n) is 9.96. The van der Waals surface area contributed by atoms with Crippen LogP contribution in [0.25, 0.3) is 0 Å². The number of fused-ring (bicyclic) bond motifs is 2. The largest absolute Gasteiger partial charge is 0.285 e. The van der Waals surface area contributed by atoms with E-state index in [1.54, 1.807) is 72.8 Å². The number of nitrogens with zero attached hydrogens (tertiary/aromatic N) is 2. The van der Waals surface area contributed by atoms with Gasteiger partial charge in [-0.2, -0.15) is 0 Å². The van der Waals surface area contributed by atoms with Crippen molar-refractivity contribution < 1.29 is 28.9 Å². The highest BCUT2D eigenvalue weighted by molar-refractivity contribution is 9.10. The maximum absolute atomic E-state index is 12.8. The Morgan fingerprint density at radius 3 is 1.64 bits per heavy atom. The molecule has 2 aliphatic rings. The van der Waals surface area contributed by atoms with Gasteiger partial charge in [0.05, 0.1) is 22.3 Å². The summed E-state index contributed by atoms with van der Waals surface area (Å²) in [5, 5.41) is 1.35. The first-order valence-corrected chi connectivity index (χ1v) is 10.8. The van der Waals surface area contributed by atoms with Gasteiger partial charge in [0, 0.05) is 4.47 Å². The number of imide groups is 2. The highest BCUT2D eigenvalue weighted by Gasteiger charge is 2.40. The summed E-state index contributed by atoms with van der Waals surface area (Å²) >= 11 is 3.38. The molecule has 0 saturated carbocycles. The van der Waals surface area contributed by atoms with Gasteiger partial charge in [0.1, 0.15) is 12.7 Å². The zero-order valence-corrected chi connectivity index (χ0v) is 18.5. The predicted octanol–water partition coefficient (Wildman–Crippen LogP) is 3.95. The quantitative estimate of drug-likeness (QED) is 0.470. The summed E-state index contributed by atoms with van der Waals surface area (Å²) in [7, 11) is 0. The summed E-state index contributed by atoms with van der Waals surface area (Å²) in [5.41, 5.74) is 1.51. The third-order valence-electron chi connectivity index (χ3n) is 5.32. The molecule has 4 amide bonds. The lowest BCUT2D eigenvalue weighted by molar-refractivity contribution is -0.184. The molecule has 2 heterocycles. The second-order valence-electron chi connectivity index (χ2n) is 7.35. The molecule has 5 rings (SSSR count). The molecule has 1 unspecified atom stereocenters. The molecule has 9 heteroatoms. The van der Waals surface area contributed by atoms with Crippen LogP contribution < -0.4 is 0 Å². The number of benzene rings is 3. The molecule has 0 saturated heterocycles. The topological polar surface area (TPSA) is 93.2 Å². The Kier molecular flexibility index (Phi) is 5.37. The van der Waals surface area contributed by atoms with Gasteiger partial charge in [0.15, 0.2) is 0 Å². The van der Waals surface area contributed by atoms with Crippen molar-refractivity contribution >= 4 is 39.6 Å². The summed E-state index contributed by atoms with van der Waals surface area (Å²) in [6.07, 6.45) is -0.978. The maximum Gasteiger partial charge on any atom is 0.285 e. The van der Waals surface area contributed by atoms with Crippen LogP contribution in [-0.4, -0.2) is 40.4 Å². The lowest BCUT2D eigenvalue weighted by Gasteiger charge is -2.24. The fourth-order valence-electron chi connectivity index (χ4n) is 3.71. The van der Waals surface area contributed by atoms with Crippen molar-refractivity contribution in [2.45, 2.75) is 6.10 Å². The molecule has 0 fully saturated rings. The van der Waals surface area contributed by atoms with Crippen LogP contribution in [0.2, 0.25) is 0 Å². The van der Waals surface area contributed by atoms with Gasteiger partial charge in [0.25, 0.3) is 23.6 Å². The van der Waals surface area contributed by atoms with Crippen molar-refractivity contribution in [1.82, 2.24) is 10.1 Å². The van der Waals surface area contributed by atoms with E-state index in [9.17, 15) is 19.2 Å². The van der Waals surface area contributed by atoms with E-state index in [1.807, 2.05) is 0 Å². The summed E-state index contributed by atoms with van der Waals surface area (Å²) < 4.78 is 0.733. The number of carbonyl (C=O) groups is 4. The highest BCUT2D eigenvalue weighted by Crippen LogP contribution is 2.30. The molecule has 1 atom stereocenters. The Hall–Kier alpha value is -3.66. The van der Waals surface area contributed by atoms with Gasteiger partial charge in [-0.1, -0.05) is 52.3 Å². The van der Waals surface area contributed by atoms with E-state index < -0.39 is 29.7 Å². The van der Waals surface area contributed by atoms with Gasteiger partial charge >= 0.3 is 0 Å². The molecule has 3 aromatic carbocycles. The standard InChI is InChI=1S/C24H15BrN2O6/c25-15-7-5-6-14(12-15)20(33-27-23(30)18-10-3-4-11-19(18)24(27)31)13-32-26-21(28)16-8-1-2-9-17(16)22(26)29/h1-12,20H,13H2. The molecule has 164 valence electrons. The van der Waals surface area contributed by atoms with Crippen LogP contribution in [0, 0.1) is 0 Å². The van der Waals surface area contributed by atoms with Crippen molar-refractivity contribution in [3.8, 4) is 0 Å². The number of amides is 4. The SMILES string of the molecule is O=C1c2ccccc2C(=O)N1OCC(ON1C(=O)c2ccccc2C1=O)c1cccc(Br)c1. The number of rotatable bonds is 6. The Balaban J connectivity index is 1.40. The van der Waals surface area contributed by atoms with Crippen LogP contribution >= 0.6 is 15.9 Å². The minimum absolute atomic E-state index is 0.233. The lowest BCUT2D eigenvalue weighted by Crippen LogP contribution is -2.36. The van der Waals surface area contributed by atoms with Crippen LogP contribution in [0.4, 0.5) is 0 Å². The second kappa shape index (κ2) is 8.36. The Morgan fingerprint density at radius 2 is 1.15 bits per heavy atom. The summed E-state index contributed by atoms with van der Waals surface area (Å²) in [4.78, 5) is 62.1. The second-order valence-corrected chi connectivity index (χ2v) is 8.26. The summed E-state index contributed by atoms with van der Waals surface area (Å²) in [6, 6.07) is 19.8. The minimum atomic E-state index is -0.978. The monoisotopic (exact) mass is 506 g/mol. The van der Waals surface area contributed by atoms with Gasteiger partial charge < -0.3 is 0 Å². The van der Waals surface area contributed by atoms with Crippen molar-refractivity contribution in [3.63, 3.8) is 0 Å². The first-order chi connectivity index (χ1) is 16.0. The predicted molar refractivity (Wildman–Crippen MR) is 118 cm³/mol. The molecule has 33 heavy (non-hydrogen) atoms. The highest BCUT2D eigenvalue weighted by atomic mass is 79.9. The van der Waals surface area contributed by atoms with E-state index in [2.05, 4.69) is 15.9 Å².